The van der Waals surface area contributed by atoms with E-state index in [9.17, 15) is 21.6 Å². The van der Waals surface area contributed by atoms with Crippen LogP contribution in [-0.2, 0) is 24.5 Å². The zero-order chi connectivity index (χ0) is 10.3. The van der Waals surface area contributed by atoms with Gasteiger partial charge in [-0.15, -0.1) is 0 Å². The van der Waals surface area contributed by atoms with Crippen LogP contribution in [0.1, 0.15) is 6.92 Å². The lowest BCUT2D eigenvalue weighted by molar-refractivity contribution is -0.119. The molecule has 8 heteroatoms. The van der Waals surface area contributed by atoms with Crippen molar-refractivity contribution in [3.63, 3.8) is 0 Å². The van der Waals surface area contributed by atoms with Gasteiger partial charge >= 0.3 is 0 Å². The van der Waals surface area contributed by atoms with E-state index in [4.69, 9.17) is 0 Å². The van der Waals surface area contributed by atoms with E-state index in [2.05, 4.69) is 5.32 Å². The fraction of sp³-hybridized carbons (Fsp3) is 0.800. The summed E-state index contributed by atoms with van der Waals surface area (Å²) in [5.74, 6) is -1.07. The van der Waals surface area contributed by atoms with Crippen molar-refractivity contribution in [1.82, 2.24) is 5.32 Å². The average molecular weight is 227 g/mol. The largest absolute Gasteiger partial charge is 0.339 e. The van der Waals surface area contributed by atoms with Gasteiger partial charge in [0, 0.05) is 6.92 Å². The third-order valence-electron chi connectivity index (χ3n) is 1.55. The molecule has 0 bridgehead atoms. The maximum absolute atomic E-state index is 11.1. The molecule has 0 aromatic rings. The Morgan fingerprint density at radius 2 is 1.85 bits per heavy atom. The highest BCUT2D eigenvalue weighted by Gasteiger charge is 2.42. The molecule has 1 amide bonds. The van der Waals surface area contributed by atoms with Crippen molar-refractivity contribution < 1.29 is 21.6 Å². The second-order valence-corrected chi connectivity index (χ2v) is 7.54. The summed E-state index contributed by atoms with van der Waals surface area (Å²) in [5.41, 5.74) is 0. The predicted octanol–water partition coefficient (Wildman–Crippen LogP) is -1.75. The van der Waals surface area contributed by atoms with Gasteiger partial charge in [-0.2, -0.15) is 0 Å². The quantitative estimate of drug-likeness (QED) is 0.573. The van der Waals surface area contributed by atoms with E-state index in [1.54, 1.807) is 0 Å². The summed E-state index contributed by atoms with van der Waals surface area (Å²) in [6, 6.07) is 0. The predicted molar refractivity (Wildman–Crippen MR) is 45.2 cm³/mol. The monoisotopic (exact) mass is 227 g/mol. The minimum Gasteiger partial charge on any atom is -0.339 e. The van der Waals surface area contributed by atoms with Gasteiger partial charge in [0.25, 0.3) is 0 Å². The lowest BCUT2D eigenvalue weighted by atomic mass is 10.6. The van der Waals surface area contributed by atoms with E-state index in [1.807, 2.05) is 0 Å². The normalized spacial score (nSPS) is 29.8. The van der Waals surface area contributed by atoms with E-state index in [-0.39, 0.29) is 0 Å². The Balaban J connectivity index is 2.96. The first-order valence-electron chi connectivity index (χ1n) is 3.42. The van der Waals surface area contributed by atoms with Gasteiger partial charge in [0.05, 0.1) is 5.75 Å². The first-order chi connectivity index (χ1) is 5.73. The Morgan fingerprint density at radius 3 is 2.15 bits per heavy atom. The summed E-state index contributed by atoms with van der Waals surface area (Å²) < 4.78 is 44.1. The first-order valence-corrected chi connectivity index (χ1v) is 6.96. The third-order valence-corrected chi connectivity index (χ3v) is 6.50. The molecule has 1 saturated heterocycles. The summed E-state index contributed by atoms with van der Waals surface area (Å²) >= 11 is 0. The molecule has 1 rings (SSSR count). The topological polar surface area (TPSA) is 97.4 Å². The van der Waals surface area contributed by atoms with Gasteiger partial charge in [-0.1, -0.05) is 0 Å². The maximum atomic E-state index is 11.1. The number of rotatable bonds is 1. The molecular weight excluding hydrogens is 218 g/mol. The molecular formula is C5H9NO5S2. The molecule has 1 atom stereocenters. The van der Waals surface area contributed by atoms with Gasteiger partial charge in [-0.3, -0.25) is 4.79 Å². The van der Waals surface area contributed by atoms with Crippen molar-refractivity contribution in [3.8, 4) is 0 Å². The average Bonchev–Trinajstić information content (AvgIpc) is 1.98. The minimum absolute atomic E-state index is 0.519. The van der Waals surface area contributed by atoms with Crippen LogP contribution >= 0.6 is 0 Å². The molecule has 0 spiro atoms. The van der Waals surface area contributed by atoms with Crippen molar-refractivity contribution >= 4 is 25.6 Å². The highest BCUT2D eigenvalue weighted by Crippen LogP contribution is 2.15. The lowest BCUT2D eigenvalue weighted by Crippen LogP contribution is -2.38. The number of carbonyl (C=O) groups excluding carboxylic acids is 1. The molecule has 0 aromatic heterocycles. The molecule has 76 valence electrons. The zero-order valence-electron chi connectivity index (χ0n) is 6.85. The molecule has 13 heavy (non-hydrogen) atoms. The van der Waals surface area contributed by atoms with Crippen LogP contribution in [-0.4, -0.2) is 39.0 Å². The standard InChI is InChI=1S/C5H9NO5S2/c1-4(7)6-5-2-12(8,9)3-13(5,10)11/h5H,2-3H2,1H3,(H,6,7). The summed E-state index contributed by atoms with van der Waals surface area (Å²) in [7, 11) is -7.26. The number of hydrogen-bond donors (Lipinski definition) is 1. The fourth-order valence-electron chi connectivity index (χ4n) is 1.07. The second kappa shape index (κ2) is 2.95. The van der Waals surface area contributed by atoms with E-state index in [0.29, 0.717) is 0 Å². The molecule has 0 aliphatic carbocycles. The van der Waals surface area contributed by atoms with Gasteiger partial charge in [-0.05, 0) is 0 Å². The Bertz CT molecular complexity index is 420. The molecule has 0 aromatic carbocycles. The smallest absolute Gasteiger partial charge is 0.217 e. The molecule has 1 unspecified atom stereocenters. The molecule has 1 fully saturated rings. The van der Waals surface area contributed by atoms with Gasteiger partial charge < -0.3 is 5.32 Å². The Kier molecular flexibility index (Phi) is 2.37. The van der Waals surface area contributed by atoms with Crippen LogP contribution in [0.2, 0.25) is 0 Å². The third kappa shape index (κ3) is 2.41. The summed E-state index contributed by atoms with van der Waals surface area (Å²) in [6.07, 6.45) is 0. The Hall–Kier alpha value is -0.630. The van der Waals surface area contributed by atoms with Crippen LogP contribution in [0.25, 0.3) is 0 Å². The van der Waals surface area contributed by atoms with Crippen LogP contribution < -0.4 is 5.32 Å². The van der Waals surface area contributed by atoms with Crippen molar-refractivity contribution in [2.75, 3.05) is 10.8 Å². The van der Waals surface area contributed by atoms with Crippen molar-refractivity contribution in [3.05, 3.63) is 0 Å². The minimum atomic E-state index is -3.71. The molecule has 6 nitrogen and oxygen atoms in total. The molecule has 0 radical (unpaired) electrons. The van der Waals surface area contributed by atoms with E-state index in [1.165, 1.54) is 0 Å². The number of nitrogens with one attached hydrogen (secondary N) is 1. The Morgan fingerprint density at radius 1 is 1.31 bits per heavy atom. The number of carbonyl (C=O) groups is 1. The second-order valence-electron chi connectivity index (χ2n) is 2.88. The van der Waals surface area contributed by atoms with Gasteiger partial charge in [-0.25, -0.2) is 16.8 Å². The highest BCUT2D eigenvalue weighted by atomic mass is 32.3. The van der Waals surface area contributed by atoms with Gasteiger partial charge in [0.1, 0.15) is 5.37 Å². The zero-order valence-corrected chi connectivity index (χ0v) is 8.48. The summed E-state index contributed by atoms with van der Waals surface area (Å²) in [5, 5.41) is -0.0571. The van der Waals surface area contributed by atoms with Crippen LogP contribution in [0.4, 0.5) is 0 Å². The first kappa shape index (κ1) is 10.5. The molecule has 1 aliphatic rings. The number of sulfone groups is 2. The van der Waals surface area contributed by atoms with Crippen LogP contribution in [0.5, 0.6) is 0 Å². The molecule has 1 N–H and O–H groups in total. The van der Waals surface area contributed by atoms with E-state index < -0.39 is 41.8 Å². The molecule has 0 saturated carbocycles. The van der Waals surface area contributed by atoms with Gasteiger partial charge in [0.15, 0.2) is 24.8 Å². The molecule has 1 aliphatic heterocycles. The van der Waals surface area contributed by atoms with Crippen molar-refractivity contribution in [1.29, 1.82) is 0 Å². The van der Waals surface area contributed by atoms with Crippen molar-refractivity contribution in [2.45, 2.75) is 12.3 Å². The Labute approximate surface area is 76.2 Å². The molecule has 1 heterocycles. The SMILES string of the molecule is CC(=O)NC1CS(=O)(=O)CS1(=O)=O. The van der Waals surface area contributed by atoms with E-state index >= 15 is 0 Å². The fourth-order valence-corrected chi connectivity index (χ4v) is 6.46. The summed E-state index contributed by atoms with van der Waals surface area (Å²) in [6.45, 7) is 1.14. The highest BCUT2D eigenvalue weighted by molar-refractivity contribution is 8.11. The number of amides is 1. The van der Waals surface area contributed by atoms with Crippen LogP contribution in [0.15, 0.2) is 0 Å². The van der Waals surface area contributed by atoms with Crippen LogP contribution in [0.3, 0.4) is 0 Å². The van der Waals surface area contributed by atoms with Crippen LogP contribution in [0, 0.1) is 0 Å². The van der Waals surface area contributed by atoms with Gasteiger partial charge in [0.2, 0.25) is 5.91 Å². The number of hydrogen-bond acceptors (Lipinski definition) is 5. The lowest BCUT2D eigenvalue weighted by Gasteiger charge is -2.06. The maximum Gasteiger partial charge on any atom is 0.217 e. The van der Waals surface area contributed by atoms with Crippen molar-refractivity contribution in [2.24, 2.45) is 0 Å². The van der Waals surface area contributed by atoms with E-state index in [0.717, 1.165) is 6.92 Å². The summed E-state index contributed by atoms with van der Waals surface area (Å²) in [4.78, 5) is 10.5.